The van der Waals surface area contributed by atoms with Crippen molar-refractivity contribution in [2.24, 2.45) is 0 Å². The Morgan fingerprint density at radius 2 is 1.92 bits per heavy atom. The van der Waals surface area contributed by atoms with Gasteiger partial charge < -0.3 is 0 Å². The van der Waals surface area contributed by atoms with E-state index in [1.54, 1.807) is 0 Å². The third-order valence-electron chi connectivity index (χ3n) is 1.93. The van der Waals surface area contributed by atoms with Crippen LogP contribution < -0.4 is 0 Å². The molecule has 0 saturated carbocycles. The maximum Gasteiger partial charge on any atom is -0.0320 e. The van der Waals surface area contributed by atoms with E-state index in [1.165, 1.54) is 31.3 Å². The molecule has 0 unspecified atom stereocenters. The van der Waals surface area contributed by atoms with Crippen molar-refractivity contribution in [2.75, 3.05) is 0 Å². The molecule has 0 aliphatic rings. The van der Waals surface area contributed by atoms with Crippen LogP contribution in [0.3, 0.4) is 0 Å². The average molecular weight is 166 g/mol. The summed E-state index contributed by atoms with van der Waals surface area (Å²) in [5, 5.41) is 0. The summed E-state index contributed by atoms with van der Waals surface area (Å²) in [5.74, 6) is 0. The van der Waals surface area contributed by atoms with E-state index >= 15 is 0 Å². The van der Waals surface area contributed by atoms with Crippen molar-refractivity contribution in [3.05, 3.63) is 23.8 Å². The van der Waals surface area contributed by atoms with Gasteiger partial charge in [-0.2, -0.15) is 0 Å². The lowest BCUT2D eigenvalue weighted by molar-refractivity contribution is 0.713. The van der Waals surface area contributed by atoms with E-state index in [-0.39, 0.29) is 0 Å². The fourth-order valence-corrected chi connectivity index (χ4v) is 1.11. The van der Waals surface area contributed by atoms with Gasteiger partial charge in [0.05, 0.1) is 0 Å². The molecule has 0 aliphatic heterocycles. The van der Waals surface area contributed by atoms with Crippen LogP contribution in [-0.4, -0.2) is 0 Å². The van der Waals surface area contributed by atoms with Crippen LogP contribution in [0.2, 0.25) is 0 Å². The molecular weight excluding hydrogens is 144 g/mol. The number of rotatable bonds is 6. The summed E-state index contributed by atoms with van der Waals surface area (Å²) >= 11 is 0. The van der Waals surface area contributed by atoms with Crippen molar-refractivity contribution in [3.63, 3.8) is 0 Å². The SMILES string of the molecule is CCC=CC=C(C)CCCCC. The first-order valence-electron chi connectivity index (χ1n) is 5.13. The monoisotopic (exact) mass is 166 g/mol. The summed E-state index contributed by atoms with van der Waals surface area (Å²) in [7, 11) is 0. The average Bonchev–Trinajstić information content (AvgIpc) is 2.06. The minimum Gasteiger partial charge on any atom is -0.0848 e. The van der Waals surface area contributed by atoms with Gasteiger partial charge >= 0.3 is 0 Å². The minimum absolute atomic E-state index is 1.14. The summed E-state index contributed by atoms with van der Waals surface area (Å²) in [4.78, 5) is 0. The number of hydrogen-bond acceptors (Lipinski definition) is 0. The Kier molecular flexibility index (Phi) is 8.20. The van der Waals surface area contributed by atoms with E-state index in [0.717, 1.165) is 6.42 Å². The van der Waals surface area contributed by atoms with Crippen LogP contribution in [0.4, 0.5) is 0 Å². The summed E-state index contributed by atoms with van der Waals surface area (Å²) in [5.41, 5.74) is 1.51. The van der Waals surface area contributed by atoms with Crippen LogP contribution in [0.25, 0.3) is 0 Å². The van der Waals surface area contributed by atoms with Gasteiger partial charge in [-0.3, -0.25) is 0 Å². The molecule has 0 nitrogen and oxygen atoms in total. The van der Waals surface area contributed by atoms with Crippen molar-refractivity contribution in [3.8, 4) is 0 Å². The Labute approximate surface area is 77.4 Å². The third kappa shape index (κ3) is 7.59. The first-order chi connectivity index (χ1) is 5.81. The van der Waals surface area contributed by atoms with Crippen molar-refractivity contribution in [1.29, 1.82) is 0 Å². The highest BCUT2D eigenvalue weighted by Gasteiger charge is 1.87. The first kappa shape index (κ1) is 11.5. The molecule has 12 heavy (non-hydrogen) atoms. The number of hydrogen-bond donors (Lipinski definition) is 0. The number of allylic oxidation sites excluding steroid dienone is 4. The zero-order valence-electron chi connectivity index (χ0n) is 8.77. The molecule has 0 fully saturated rings. The fraction of sp³-hybridized carbons (Fsp3) is 0.667. The van der Waals surface area contributed by atoms with Gasteiger partial charge in [-0.25, -0.2) is 0 Å². The Balaban J connectivity index is 3.48. The summed E-state index contributed by atoms with van der Waals surface area (Å²) in [6, 6.07) is 0. The van der Waals surface area contributed by atoms with Crippen molar-refractivity contribution >= 4 is 0 Å². The topological polar surface area (TPSA) is 0 Å². The van der Waals surface area contributed by atoms with Gasteiger partial charge in [-0.1, -0.05) is 50.5 Å². The predicted octanol–water partition coefficient (Wildman–Crippen LogP) is 4.48. The second kappa shape index (κ2) is 8.58. The molecular formula is C12H22. The second-order valence-corrected chi connectivity index (χ2v) is 3.31. The molecule has 0 aliphatic carbocycles. The standard InChI is InChI=1S/C12H22/c1-4-6-8-10-12(3)11-9-7-5-2/h6,8,10H,4-5,7,9,11H2,1-3H3. The molecule has 0 rings (SSSR count). The highest BCUT2D eigenvalue weighted by atomic mass is 13.9. The van der Waals surface area contributed by atoms with Gasteiger partial charge in [0.25, 0.3) is 0 Å². The fourth-order valence-electron chi connectivity index (χ4n) is 1.11. The van der Waals surface area contributed by atoms with E-state index in [9.17, 15) is 0 Å². The van der Waals surface area contributed by atoms with Crippen LogP contribution >= 0.6 is 0 Å². The van der Waals surface area contributed by atoms with Gasteiger partial charge in [0.2, 0.25) is 0 Å². The third-order valence-corrected chi connectivity index (χ3v) is 1.93. The molecule has 0 N–H and O–H groups in total. The van der Waals surface area contributed by atoms with E-state index in [0.29, 0.717) is 0 Å². The zero-order valence-corrected chi connectivity index (χ0v) is 8.77. The molecule has 0 radical (unpaired) electrons. The summed E-state index contributed by atoms with van der Waals surface area (Å²) in [6.45, 7) is 6.63. The summed E-state index contributed by atoms with van der Waals surface area (Å²) < 4.78 is 0. The molecule has 0 aromatic carbocycles. The lowest BCUT2D eigenvalue weighted by atomic mass is 10.1. The largest absolute Gasteiger partial charge is 0.0848 e. The number of unbranched alkanes of at least 4 members (excludes halogenated alkanes) is 2. The molecule has 0 aromatic rings. The Bertz CT molecular complexity index is 140. The van der Waals surface area contributed by atoms with Gasteiger partial charge in [-0.05, 0) is 26.2 Å². The second-order valence-electron chi connectivity index (χ2n) is 3.31. The predicted molar refractivity (Wildman–Crippen MR) is 57.3 cm³/mol. The highest BCUT2D eigenvalue weighted by molar-refractivity contribution is 5.10. The highest BCUT2D eigenvalue weighted by Crippen LogP contribution is 2.07. The van der Waals surface area contributed by atoms with E-state index < -0.39 is 0 Å². The Morgan fingerprint density at radius 1 is 1.17 bits per heavy atom. The first-order valence-corrected chi connectivity index (χ1v) is 5.13. The van der Waals surface area contributed by atoms with Gasteiger partial charge in [0.15, 0.2) is 0 Å². The molecule has 0 bridgehead atoms. The molecule has 0 saturated heterocycles. The van der Waals surface area contributed by atoms with E-state index in [4.69, 9.17) is 0 Å². The molecule has 0 aromatic heterocycles. The molecule has 0 heterocycles. The quantitative estimate of drug-likeness (QED) is 0.403. The molecule has 70 valence electrons. The maximum atomic E-state index is 2.25. The summed E-state index contributed by atoms with van der Waals surface area (Å²) in [6.07, 6.45) is 13.0. The minimum atomic E-state index is 1.14. The Hall–Kier alpha value is -0.520. The normalized spacial score (nSPS) is 12.8. The zero-order chi connectivity index (χ0) is 9.23. The van der Waals surface area contributed by atoms with E-state index in [1.807, 2.05) is 0 Å². The van der Waals surface area contributed by atoms with Gasteiger partial charge in [0.1, 0.15) is 0 Å². The van der Waals surface area contributed by atoms with Crippen LogP contribution in [0, 0.1) is 0 Å². The van der Waals surface area contributed by atoms with Crippen molar-refractivity contribution < 1.29 is 0 Å². The Morgan fingerprint density at radius 3 is 2.50 bits per heavy atom. The van der Waals surface area contributed by atoms with Crippen LogP contribution in [0.15, 0.2) is 23.8 Å². The van der Waals surface area contributed by atoms with Crippen molar-refractivity contribution in [2.45, 2.75) is 52.9 Å². The smallest absolute Gasteiger partial charge is 0.0320 e. The van der Waals surface area contributed by atoms with Crippen LogP contribution in [0.5, 0.6) is 0 Å². The molecule has 0 amide bonds. The van der Waals surface area contributed by atoms with Gasteiger partial charge in [0, 0.05) is 0 Å². The van der Waals surface area contributed by atoms with Crippen LogP contribution in [-0.2, 0) is 0 Å². The molecule has 0 spiro atoms. The van der Waals surface area contributed by atoms with Crippen LogP contribution in [0.1, 0.15) is 52.9 Å². The lowest BCUT2D eigenvalue weighted by Gasteiger charge is -1.97. The van der Waals surface area contributed by atoms with E-state index in [2.05, 4.69) is 39.0 Å². The maximum absolute atomic E-state index is 2.25. The van der Waals surface area contributed by atoms with Gasteiger partial charge in [-0.15, -0.1) is 0 Å². The lowest BCUT2D eigenvalue weighted by Crippen LogP contribution is -1.77. The molecule has 0 atom stereocenters. The van der Waals surface area contributed by atoms with Crippen molar-refractivity contribution in [1.82, 2.24) is 0 Å². The molecule has 0 heteroatoms.